The Bertz CT molecular complexity index is 1080. The summed E-state index contributed by atoms with van der Waals surface area (Å²) >= 11 is 0. The smallest absolute Gasteiger partial charge is 0.257 e. The molecule has 1 aliphatic carbocycles. The standard InChI is InChI=1S/C27H36N6O5/c1-31-15-12-23(25(35)30-24-26(37-2)29-14-13-28-24)33(31)27(36)22(16-20-8-6-7-9-20)17-32(19-34)38-18-21-10-4-3-5-11-21/h3-5,10-11,13-14,19-20,22-23H,6-9,12,15-18H2,1-2H3,(H,28,30,35)/t22-,23+/m1/s1. The van der Waals surface area contributed by atoms with Gasteiger partial charge in [0.05, 0.1) is 19.6 Å². The van der Waals surface area contributed by atoms with Gasteiger partial charge in [-0.15, -0.1) is 0 Å². The van der Waals surface area contributed by atoms with Crippen LogP contribution >= 0.6 is 0 Å². The number of benzene rings is 1. The van der Waals surface area contributed by atoms with Crippen LogP contribution in [0.1, 0.15) is 44.1 Å². The highest BCUT2D eigenvalue weighted by Gasteiger charge is 2.42. The average molecular weight is 525 g/mol. The number of ether oxygens (including phenoxy) is 1. The third-order valence-corrected chi connectivity index (χ3v) is 7.22. The van der Waals surface area contributed by atoms with E-state index in [1.54, 1.807) is 12.1 Å². The van der Waals surface area contributed by atoms with E-state index in [2.05, 4.69) is 15.3 Å². The Morgan fingerprint density at radius 2 is 1.89 bits per heavy atom. The number of amides is 3. The fourth-order valence-corrected chi connectivity index (χ4v) is 5.27. The normalized spacial score (nSPS) is 18.8. The summed E-state index contributed by atoms with van der Waals surface area (Å²) in [6, 6.07) is 8.83. The molecule has 2 fully saturated rings. The molecule has 1 saturated carbocycles. The molecule has 2 atom stereocenters. The van der Waals surface area contributed by atoms with E-state index in [1.807, 2.05) is 30.3 Å². The van der Waals surface area contributed by atoms with Crippen LogP contribution in [0.3, 0.4) is 0 Å². The lowest BCUT2D eigenvalue weighted by Crippen LogP contribution is -2.52. The number of nitrogens with one attached hydrogen (secondary N) is 1. The summed E-state index contributed by atoms with van der Waals surface area (Å²) < 4.78 is 5.20. The van der Waals surface area contributed by atoms with E-state index < -0.39 is 12.0 Å². The van der Waals surface area contributed by atoms with Gasteiger partial charge >= 0.3 is 0 Å². The van der Waals surface area contributed by atoms with Crippen molar-refractivity contribution in [2.45, 2.75) is 51.2 Å². The summed E-state index contributed by atoms with van der Waals surface area (Å²) in [5, 5.41) is 7.27. The molecule has 2 heterocycles. The van der Waals surface area contributed by atoms with Crippen molar-refractivity contribution < 1.29 is 24.0 Å². The number of rotatable bonds is 12. The summed E-state index contributed by atoms with van der Waals surface area (Å²) in [7, 11) is 3.25. The van der Waals surface area contributed by atoms with Crippen molar-refractivity contribution in [2.24, 2.45) is 11.8 Å². The number of anilines is 1. The van der Waals surface area contributed by atoms with E-state index in [1.165, 1.54) is 29.6 Å². The molecule has 0 spiro atoms. The lowest BCUT2D eigenvalue weighted by molar-refractivity contribution is -0.185. The first-order valence-corrected chi connectivity index (χ1v) is 13.1. The molecule has 4 rings (SSSR count). The minimum Gasteiger partial charge on any atom is -0.478 e. The molecule has 0 unspecified atom stereocenters. The molecule has 1 aromatic carbocycles. The minimum absolute atomic E-state index is 0.113. The summed E-state index contributed by atoms with van der Waals surface area (Å²) in [5.74, 6) is -0.282. The van der Waals surface area contributed by atoms with E-state index >= 15 is 0 Å². The van der Waals surface area contributed by atoms with E-state index in [0.29, 0.717) is 31.7 Å². The molecule has 2 aromatic rings. The summed E-state index contributed by atoms with van der Waals surface area (Å²) in [5.41, 5.74) is 0.925. The molecule has 1 saturated heterocycles. The molecule has 1 N–H and O–H groups in total. The molecule has 1 aromatic heterocycles. The first kappa shape index (κ1) is 27.5. The van der Waals surface area contributed by atoms with Gasteiger partial charge in [-0.2, -0.15) is 0 Å². The second-order valence-corrected chi connectivity index (χ2v) is 9.82. The Morgan fingerprint density at radius 3 is 2.61 bits per heavy atom. The van der Waals surface area contributed by atoms with Gasteiger partial charge in [0, 0.05) is 26.0 Å². The topological polar surface area (TPSA) is 117 Å². The van der Waals surface area contributed by atoms with Crippen LogP contribution in [0.5, 0.6) is 5.88 Å². The van der Waals surface area contributed by atoms with Gasteiger partial charge in [0.1, 0.15) is 12.6 Å². The minimum atomic E-state index is -0.722. The molecule has 3 amide bonds. The largest absolute Gasteiger partial charge is 0.478 e. The van der Waals surface area contributed by atoms with Gasteiger partial charge in [0.15, 0.2) is 5.82 Å². The summed E-state index contributed by atoms with van der Waals surface area (Å²) in [6.45, 7) is 0.875. The van der Waals surface area contributed by atoms with E-state index in [9.17, 15) is 14.4 Å². The van der Waals surface area contributed by atoms with Crippen molar-refractivity contribution >= 4 is 24.0 Å². The molecule has 38 heavy (non-hydrogen) atoms. The van der Waals surface area contributed by atoms with Gasteiger partial charge in [-0.25, -0.2) is 20.0 Å². The molecule has 2 aliphatic rings. The van der Waals surface area contributed by atoms with Crippen LogP contribution < -0.4 is 10.1 Å². The molecule has 0 bridgehead atoms. The van der Waals surface area contributed by atoms with Gasteiger partial charge in [-0.05, 0) is 24.3 Å². The van der Waals surface area contributed by atoms with Gasteiger partial charge in [-0.3, -0.25) is 24.2 Å². The lowest BCUT2D eigenvalue weighted by Gasteiger charge is -2.34. The molecule has 0 radical (unpaired) electrons. The SMILES string of the molecule is COc1nccnc1NC(=O)[C@@H]1CCN(C)N1C(=O)[C@H](CC1CCCC1)CN(C=O)OCc1ccccc1. The number of hydrogen-bond donors (Lipinski definition) is 1. The Hall–Kier alpha value is -3.57. The van der Waals surface area contributed by atoms with Gasteiger partial charge < -0.3 is 10.1 Å². The Morgan fingerprint density at radius 1 is 1.16 bits per heavy atom. The van der Waals surface area contributed by atoms with Gasteiger partial charge in [0.25, 0.3) is 5.88 Å². The molecule has 204 valence electrons. The monoisotopic (exact) mass is 524 g/mol. The van der Waals surface area contributed by atoms with Crippen molar-refractivity contribution in [2.75, 3.05) is 32.6 Å². The summed E-state index contributed by atoms with van der Waals surface area (Å²) in [6.07, 6.45) is 9.05. The molecular weight excluding hydrogens is 488 g/mol. The number of hydrogen-bond acceptors (Lipinski definition) is 8. The molecule has 1 aliphatic heterocycles. The zero-order valence-electron chi connectivity index (χ0n) is 22.0. The third kappa shape index (κ3) is 6.84. The quantitative estimate of drug-likeness (QED) is 0.333. The number of hydroxylamine groups is 2. The first-order chi connectivity index (χ1) is 18.5. The Balaban J connectivity index is 1.49. The van der Waals surface area contributed by atoms with Crippen LogP contribution in [0, 0.1) is 11.8 Å². The maximum atomic E-state index is 14.0. The van der Waals surface area contributed by atoms with E-state index in [4.69, 9.17) is 9.57 Å². The van der Waals surface area contributed by atoms with Crippen molar-refractivity contribution in [3.63, 3.8) is 0 Å². The number of carbonyl (C=O) groups is 3. The predicted octanol–water partition coefficient (Wildman–Crippen LogP) is 2.66. The summed E-state index contributed by atoms with van der Waals surface area (Å²) in [4.78, 5) is 53.2. The molecular formula is C27H36N6O5. The zero-order chi connectivity index (χ0) is 26.9. The van der Waals surface area contributed by atoms with Crippen LogP contribution in [0.4, 0.5) is 5.82 Å². The number of carbonyl (C=O) groups excluding carboxylic acids is 3. The fraction of sp³-hybridized carbons (Fsp3) is 0.519. The van der Waals surface area contributed by atoms with E-state index in [-0.39, 0.29) is 36.7 Å². The average Bonchev–Trinajstić information content (AvgIpc) is 3.60. The van der Waals surface area contributed by atoms with Crippen LogP contribution in [-0.4, -0.2) is 76.6 Å². The molecule has 11 heteroatoms. The predicted molar refractivity (Wildman–Crippen MR) is 139 cm³/mol. The highest BCUT2D eigenvalue weighted by Crippen LogP contribution is 2.33. The van der Waals surface area contributed by atoms with Crippen molar-refractivity contribution in [3.05, 3.63) is 48.3 Å². The van der Waals surface area contributed by atoms with Crippen LogP contribution in [0.2, 0.25) is 0 Å². The number of aromatic nitrogens is 2. The van der Waals surface area contributed by atoms with E-state index in [0.717, 1.165) is 31.2 Å². The Labute approximate surface area is 223 Å². The lowest BCUT2D eigenvalue weighted by atomic mass is 9.92. The van der Waals surface area contributed by atoms with Crippen LogP contribution in [-0.2, 0) is 25.8 Å². The van der Waals surface area contributed by atoms with Gasteiger partial charge in [0.2, 0.25) is 18.2 Å². The third-order valence-electron chi connectivity index (χ3n) is 7.22. The van der Waals surface area contributed by atoms with Crippen molar-refractivity contribution in [1.29, 1.82) is 0 Å². The highest BCUT2D eigenvalue weighted by molar-refractivity contribution is 5.97. The second-order valence-electron chi connectivity index (χ2n) is 9.82. The number of nitrogens with zero attached hydrogens (tertiary/aromatic N) is 5. The zero-order valence-corrected chi connectivity index (χ0v) is 22.0. The van der Waals surface area contributed by atoms with Gasteiger partial charge in [-0.1, -0.05) is 56.0 Å². The Kier molecular flexibility index (Phi) is 9.61. The highest BCUT2D eigenvalue weighted by atomic mass is 16.7. The van der Waals surface area contributed by atoms with Crippen molar-refractivity contribution in [3.8, 4) is 5.88 Å². The van der Waals surface area contributed by atoms with Crippen LogP contribution in [0.25, 0.3) is 0 Å². The number of hydrazine groups is 1. The first-order valence-electron chi connectivity index (χ1n) is 13.1. The number of methoxy groups -OCH3 is 1. The maximum Gasteiger partial charge on any atom is 0.257 e. The van der Waals surface area contributed by atoms with Crippen LogP contribution in [0.15, 0.2) is 42.7 Å². The fourth-order valence-electron chi connectivity index (χ4n) is 5.27. The second kappa shape index (κ2) is 13.3. The molecule has 11 nitrogen and oxygen atoms in total. The maximum absolute atomic E-state index is 14.0. The van der Waals surface area contributed by atoms with Crippen molar-refractivity contribution in [1.82, 2.24) is 25.0 Å².